The molecule has 0 saturated carbocycles. The minimum Gasteiger partial charge on any atom is -0.323 e. The molecule has 0 aliphatic carbocycles. The van der Waals surface area contributed by atoms with Gasteiger partial charge in [-0.05, 0) is 25.7 Å². The minimum absolute atomic E-state index is 0.776. The van der Waals surface area contributed by atoms with Gasteiger partial charge in [0.1, 0.15) is 0 Å². The van der Waals surface area contributed by atoms with Crippen LogP contribution in [0.5, 0.6) is 0 Å². The van der Waals surface area contributed by atoms with Crippen LogP contribution in [0.15, 0.2) is 10.1 Å². The molecule has 1 saturated heterocycles. The Morgan fingerprint density at radius 1 is 1.47 bits per heavy atom. The Kier molecular flexibility index (Phi) is 5.32. The van der Waals surface area contributed by atoms with E-state index in [4.69, 9.17) is 5.84 Å². The van der Waals surface area contributed by atoms with Crippen LogP contribution in [0, 0.1) is 5.92 Å². The van der Waals surface area contributed by atoms with Crippen LogP contribution < -0.4 is 5.84 Å². The van der Waals surface area contributed by atoms with Gasteiger partial charge in [0.25, 0.3) is 0 Å². The Morgan fingerprint density at radius 2 is 2.13 bits per heavy atom. The Morgan fingerprint density at radius 3 is 2.67 bits per heavy atom. The van der Waals surface area contributed by atoms with Crippen molar-refractivity contribution in [2.24, 2.45) is 21.9 Å². The second-order valence-electron chi connectivity index (χ2n) is 4.19. The zero-order valence-electron chi connectivity index (χ0n) is 9.82. The molecular formula is C11H22N4. The van der Waals surface area contributed by atoms with Crippen molar-refractivity contribution in [2.75, 3.05) is 19.8 Å². The summed E-state index contributed by atoms with van der Waals surface area (Å²) in [6.45, 7) is 7.26. The van der Waals surface area contributed by atoms with Crippen LogP contribution >= 0.6 is 0 Å². The number of piperidine rings is 1. The quantitative estimate of drug-likeness (QED) is 0.434. The fraction of sp³-hybridized carbons (Fsp3) is 0.818. The summed E-state index contributed by atoms with van der Waals surface area (Å²) in [6, 6.07) is 0. The van der Waals surface area contributed by atoms with Gasteiger partial charge < -0.3 is 5.84 Å². The highest BCUT2D eigenvalue weighted by Gasteiger charge is 2.16. The van der Waals surface area contributed by atoms with E-state index >= 15 is 0 Å². The summed E-state index contributed by atoms with van der Waals surface area (Å²) in [6.07, 6.45) is 5.69. The van der Waals surface area contributed by atoms with E-state index in [1.54, 1.807) is 6.21 Å². The number of nitrogens with two attached hydrogens (primary N) is 1. The molecule has 0 atom stereocenters. The largest absolute Gasteiger partial charge is 0.323 e. The first-order valence-electron chi connectivity index (χ1n) is 5.73. The molecule has 15 heavy (non-hydrogen) atoms. The lowest BCUT2D eigenvalue weighted by Crippen LogP contribution is -2.33. The number of rotatable bonds is 4. The van der Waals surface area contributed by atoms with Gasteiger partial charge in [0.05, 0.1) is 12.4 Å². The number of likely N-dealkylation sites (tertiary alicyclic amines) is 1. The van der Waals surface area contributed by atoms with Crippen molar-refractivity contribution in [1.29, 1.82) is 0 Å². The highest BCUT2D eigenvalue weighted by molar-refractivity contribution is 6.29. The maximum Gasteiger partial charge on any atom is 0.0910 e. The molecule has 1 fully saturated rings. The Hall–Kier alpha value is -0.900. The first-order chi connectivity index (χ1) is 7.26. The number of hydrogen-bond acceptors (Lipinski definition) is 4. The van der Waals surface area contributed by atoms with E-state index in [1.165, 1.54) is 32.4 Å². The SMILES string of the molecule is CCC1CCN(C/N=C/C(C)=N\N)CC1. The van der Waals surface area contributed by atoms with Crippen LogP contribution in [0.4, 0.5) is 0 Å². The molecule has 0 aromatic carbocycles. The van der Waals surface area contributed by atoms with Crippen LogP contribution in [-0.4, -0.2) is 36.6 Å². The van der Waals surface area contributed by atoms with Crippen molar-refractivity contribution in [1.82, 2.24) is 4.90 Å². The van der Waals surface area contributed by atoms with E-state index < -0.39 is 0 Å². The van der Waals surface area contributed by atoms with Crippen LogP contribution in [0.2, 0.25) is 0 Å². The third-order valence-corrected chi connectivity index (χ3v) is 3.05. The van der Waals surface area contributed by atoms with Crippen LogP contribution in [0.3, 0.4) is 0 Å². The summed E-state index contributed by atoms with van der Waals surface area (Å²) in [5.41, 5.74) is 0.776. The van der Waals surface area contributed by atoms with Gasteiger partial charge >= 0.3 is 0 Å². The lowest BCUT2D eigenvalue weighted by molar-refractivity contribution is 0.187. The van der Waals surface area contributed by atoms with Crippen molar-refractivity contribution in [3.05, 3.63) is 0 Å². The summed E-state index contributed by atoms with van der Waals surface area (Å²) in [5, 5.41) is 3.55. The Labute approximate surface area is 92.2 Å². The van der Waals surface area contributed by atoms with Gasteiger partial charge in [-0.1, -0.05) is 13.3 Å². The summed E-state index contributed by atoms with van der Waals surface area (Å²) in [7, 11) is 0. The molecular weight excluding hydrogens is 188 g/mol. The van der Waals surface area contributed by atoms with Crippen molar-refractivity contribution >= 4 is 11.9 Å². The van der Waals surface area contributed by atoms with Crippen LogP contribution in [-0.2, 0) is 0 Å². The van der Waals surface area contributed by atoms with E-state index in [0.717, 1.165) is 18.3 Å². The van der Waals surface area contributed by atoms with Gasteiger partial charge in [-0.2, -0.15) is 5.10 Å². The number of aliphatic imine (C=N–C) groups is 1. The smallest absolute Gasteiger partial charge is 0.0910 e. The number of hydrogen-bond donors (Lipinski definition) is 1. The predicted molar refractivity (Wildman–Crippen MR) is 65.2 cm³/mol. The first kappa shape index (κ1) is 12.2. The van der Waals surface area contributed by atoms with Crippen molar-refractivity contribution < 1.29 is 0 Å². The number of nitrogens with zero attached hydrogens (tertiary/aromatic N) is 3. The van der Waals surface area contributed by atoms with Gasteiger partial charge in [-0.15, -0.1) is 0 Å². The second kappa shape index (κ2) is 6.56. The molecule has 0 amide bonds. The molecule has 86 valence electrons. The van der Waals surface area contributed by atoms with Crippen molar-refractivity contribution in [3.8, 4) is 0 Å². The molecule has 1 aliphatic rings. The molecule has 0 spiro atoms. The average molecular weight is 210 g/mol. The maximum absolute atomic E-state index is 5.11. The Bertz CT molecular complexity index is 227. The van der Waals surface area contributed by atoms with Gasteiger partial charge in [0.2, 0.25) is 0 Å². The molecule has 0 aromatic rings. The number of hydrazone groups is 1. The van der Waals surface area contributed by atoms with Gasteiger partial charge in [-0.25, -0.2) is 0 Å². The summed E-state index contributed by atoms with van der Waals surface area (Å²) < 4.78 is 0. The fourth-order valence-electron chi connectivity index (χ4n) is 1.86. The average Bonchev–Trinajstić information content (AvgIpc) is 2.29. The first-order valence-corrected chi connectivity index (χ1v) is 5.73. The van der Waals surface area contributed by atoms with E-state index in [9.17, 15) is 0 Å². The van der Waals surface area contributed by atoms with E-state index in [1.807, 2.05) is 6.92 Å². The van der Waals surface area contributed by atoms with Crippen LogP contribution in [0.25, 0.3) is 0 Å². The van der Waals surface area contributed by atoms with Gasteiger partial charge in [0.15, 0.2) is 0 Å². The molecule has 0 radical (unpaired) electrons. The van der Waals surface area contributed by atoms with Gasteiger partial charge in [-0.3, -0.25) is 9.89 Å². The molecule has 2 N–H and O–H groups in total. The standard InChI is InChI=1S/C11H22N4/c1-3-11-4-6-15(7-5-11)9-13-8-10(2)14-12/h8,11H,3-7,9,12H2,1-2H3/b13-8+,14-10-. The fourth-order valence-corrected chi connectivity index (χ4v) is 1.86. The molecule has 1 heterocycles. The Balaban J connectivity index is 2.21. The second-order valence-corrected chi connectivity index (χ2v) is 4.19. The lowest BCUT2D eigenvalue weighted by Gasteiger charge is -2.29. The molecule has 0 unspecified atom stereocenters. The molecule has 4 heteroatoms. The molecule has 0 bridgehead atoms. The summed E-state index contributed by atoms with van der Waals surface area (Å²) in [4.78, 5) is 6.69. The van der Waals surface area contributed by atoms with E-state index in [-0.39, 0.29) is 0 Å². The zero-order valence-corrected chi connectivity index (χ0v) is 9.82. The van der Waals surface area contributed by atoms with Crippen LogP contribution in [0.1, 0.15) is 33.1 Å². The third kappa shape index (κ3) is 4.42. The van der Waals surface area contributed by atoms with Gasteiger partial charge in [0, 0.05) is 19.3 Å². The highest BCUT2D eigenvalue weighted by atomic mass is 15.2. The van der Waals surface area contributed by atoms with E-state index in [2.05, 4.69) is 21.9 Å². The normalized spacial score (nSPS) is 21.3. The molecule has 1 aliphatic heterocycles. The third-order valence-electron chi connectivity index (χ3n) is 3.05. The molecule has 1 rings (SSSR count). The lowest BCUT2D eigenvalue weighted by atomic mass is 9.95. The van der Waals surface area contributed by atoms with Crippen molar-refractivity contribution in [2.45, 2.75) is 33.1 Å². The highest BCUT2D eigenvalue weighted by Crippen LogP contribution is 2.19. The zero-order chi connectivity index (χ0) is 11.1. The molecule has 0 aromatic heterocycles. The summed E-state index contributed by atoms with van der Waals surface area (Å²) >= 11 is 0. The monoisotopic (exact) mass is 210 g/mol. The maximum atomic E-state index is 5.11. The summed E-state index contributed by atoms with van der Waals surface area (Å²) in [5.74, 6) is 6.04. The minimum atomic E-state index is 0.776. The molecule has 4 nitrogen and oxygen atoms in total. The predicted octanol–water partition coefficient (Wildman–Crippen LogP) is 1.47. The van der Waals surface area contributed by atoms with E-state index in [0.29, 0.717) is 0 Å². The topological polar surface area (TPSA) is 54.0 Å². The van der Waals surface area contributed by atoms with Crippen molar-refractivity contribution in [3.63, 3.8) is 0 Å².